The molecule has 32 heavy (non-hydrogen) atoms. The molecule has 2 aromatic carbocycles. The molecule has 1 fully saturated rings. The summed E-state index contributed by atoms with van der Waals surface area (Å²) < 4.78 is 27.9. The highest BCUT2D eigenvalue weighted by atomic mass is 32.2. The van der Waals surface area contributed by atoms with Crippen molar-refractivity contribution in [2.45, 2.75) is 18.2 Å². The van der Waals surface area contributed by atoms with Gasteiger partial charge in [0, 0.05) is 62.4 Å². The van der Waals surface area contributed by atoms with Crippen LogP contribution in [0, 0.1) is 18.6 Å². The number of thiazole rings is 1. The van der Waals surface area contributed by atoms with Crippen LogP contribution in [0.3, 0.4) is 0 Å². The summed E-state index contributed by atoms with van der Waals surface area (Å²) in [5.74, 6) is -0.354. The lowest BCUT2D eigenvalue weighted by Crippen LogP contribution is -2.48. The van der Waals surface area contributed by atoms with Crippen LogP contribution in [0.25, 0.3) is 10.2 Å². The molecule has 0 radical (unpaired) electrons. The molecule has 1 aliphatic rings. The van der Waals surface area contributed by atoms with Crippen LogP contribution in [-0.2, 0) is 4.79 Å². The molecule has 0 bridgehead atoms. The maximum atomic E-state index is 13.9. The van der Waals surface area contributed by atoms with Crippen molar-refractivity contribution in [3.8, 4) is 0 Å². The highest BCUT2D eigenvalue weighted by Crippen LogP contribution is 2.31. The summed E-state index contributed by atoms with van der Waals surface area (Å²) in [4.78, 5) is 22.0. The zero-order valence-electron chi connectivity index (χ0n) is 17.9. The molecule has 0 unspecified atom stereocenters. The number of piperazine rings is 1. The number of carbonyl (C=O) groups excluding carboxylic acids is 1. The lowest BCUT2D eigenvalue weighted by molar-refractivity contribution is -0.120. The van der Waals surface area contributed by atoms with Gasteiger partial charge in [-0.05, 0) is 25.1 Å². The monoisotopic (exact) mass is 476 g/mol. The van der Waals surface area contributed by atoms with Crippen LogP contribution in [0.15, 0.2) is 41.3 Å². The number of benzene rings is 2. The van der Waals surface area contributed by atoms with E-state index in [4.69, 9.17) is 0 Å². The Labute approximate surface area is 194 Å². The van der Waals surface area contributed by atoms with Crippen molar-refractivity contribution in [3.63, 3.8) is 0 Å². The largest absolute Gasteiger partial charge is 0.355 e. The molecule has 0 aliphatic carbocycles. The SMILES string of the molecule is Cc1ccc(SCCC(=O)NCCN2CCN(c3nc4c(F)cc(F)cc4s3)CC2)cc1. The molecule has 170 valence electrons. The second kappa shape index (κ2) is 10.6. The third-order valence-corrected chi connectivity index (χ3v) is 7.49. The highest BCUT2D eigenvalue weighted by Gasteiger charge is 2.21. The number of halogens is 2. The van der Waals surface area contributed by atoms with Crippen LogP contribution in [0.2, 0.25) is 0 Å². The average molecular weight is 477 g/mol. The first-order valence-electron chi connectivity index (χ1n) is 10.7. The Balaban J connectivity index is 1.15. The molecule has 0 atom stereocenters. The second-order valence-electron chi connectivity index (χ2n) is 7.82. The Morgan fingerprint density at radius 3 is 2.66 bits per heavy atom. The van der Waals surface area contributed by atoms with Crippen LogP contribution < -0.4 is 10.2 Å². The fraction of sp³-hybridized carbons (Fsp3) is 0.391. The predicted octanol–water partition coefficient (Wildman–Crippen LogP) is 4.30. The highest BCUT2D eigenvalue weighted by molar-refractivity contribution is 7.99. The number of anilines is 1. The number of aryl methyl sites for hydroxylation is 1. The van der Waals surface area contributed by atoms with E-state index in [9.17, 15) is 13.6 Å². The van der Waals surface area contributed by atoms with Gasteiger partial charge in [-0.1, -0.05) is 29.0 Å². The summed E-state index contributed by atoms with van der Waals surface area (Å²) in [6.45, 7) is 6.70. The summed E-state index contributed by atoms with van der Waals surface area (Å²) in [7, 11) is 0. The van der Waals surface area contributed by atoms with Crippen molar-refractivity contribution in [2.75, 3.05) is 49.9 Å². The molecule has 3 aromatic rings. The lowest BCUT2D eigenvalue weighted by atomic mass is 10.2. The maximum absolute atomic E-state index is 13.9. The van der Waals surface area contributed by atoms with Gasteiger partial charge < -0.3 is 10.2 Å². The van der Waals surface area contributed by atoms with E-state index in [2.05, 4.69) is 51.3 Å². The Morgan fingerprint density at radius 1 is 1.16 bits per heavy atom. The molecule has 1 N–H and O–H groups in total. The molecule has 1 saturated heterocycles. The van der Waals surface area contributed by atoms with Gasteiger partial charge in [0.2, 0.25) is 5.91 Å². The number of carbonyl (C=O) groups is 1. The van der Waals surface area contributed by atoms with Crippen LogP contribution in [0.5, 0.6) is 0 Å². The molecule has 9 heteroatoms. The Bertz CT molecular complexity index is 1070. The normalized spacial score (nSPS) is 14.8. The van der Waals surface area contributed by atoms with E-state index in [1.54, 1.807) is 11.8 Å². The Kier molecular flexibility index (Phi) is 7.59. The van der Waals surface area contributed by atoms with Gasteiger partial charge in [0.15, 0.2) is 10.9 Å². The molecule has 2 heterocycles. The zero-order valence-corrected chi connectivity index (χ0v) is 19.6. The second-order valence-corrected chi connectivity index (χ2v) is 10.00. The van der Waals surface area contributed by atoms with E-state index >= 15 is 0 Å². The number of hydrogen-bond acceptors (Lipinski definition) is 6. The minimum atomic E-state index is -0.617. The standard InChI is InChI=1S/C23H26F2N4OS2/c1-16-2-4-18(5-3-16)31-13-6-21(30)26-7-8-28-9-11-29(12-10-28)23-27-22-19(25)14-17(24)15-20(22)32-23/h2-5,14-15H,6-13H2,1H3,(H,26,30). The first-order chi connectivity index (χ1) is 15.5. The van der Waals surface area contributed by atoms with Gasteiger partial charge in [0.25, 0.3) is 0 Å². The van der Waals surface area contributed by atoms with E-state index in [1.807, 2.05) is 0 Å². The van der Waals surface area contributed by atoms with Gasteiger partial charge in [-0.3, -0.25) is 9.69 Å². The minimum absolute atomic E-state index is 0.0759. The number of amides is 1. The van der Waals surface area contributed by atoms with E-state index in [1.165, 1.54) is 27.9 Å². The summed E-state index contributed by atoms with van der Waals surface area (Å²) in [5.41, 5.74) is 1.47. The lowest BCUT2D eigenvalue weighted by Gasteiger charge is -2.34. The molecule has 0 spiro atoms. The molecular weight excluding hydrogens is 450 g/mol. The van der Waals surface area contributed by atoms with Gasteiger partial charge in [0.1, 0.15) is 11.3 Å². The van der Waals surface area contributed by atoms with Crippen LogP contribution in [-0.4, -0.2) is 60.8 Å². The van der Waals surface area contributed by atoms with Crippen molar-refractivity contribution in [1.29, 1.82) is 0 Å². The first-order valence-corrected chi connectivity index (χ1v) is 12.5. The summed E-state index contributed by atoms with van der Waals surface area (Å²) in [6, 6.07) is 10.5. The molecule has 0 saturated carbocycles. The van der Waals surface area contributed by atoms with Crippen molar-refractivity contribution in [2.24, 2.45) is 0 Å². The van der Waals surface area contributed by atoms with Crippen LogP contribution in [0.1, 0.15) is 12.0 Å². The molecule has 1 aliphatic heterocycles. The van der Waals surface area contributed by atoms with Crippen LogP contribution >= 0.6 is 23.1 Å². The maximum Gasteiger partial charge on any atom is 0.220 e. The number of thioether (sulfide) groups is 1. The summed E-state index contributed by atoms with van der Waals surface area (Å²) in [5, 5.41) is 3.73. The number of aromatic nitrogens is 1. The van der Waals surface area contributed by atoms with Gasteiger partial charge in [-0.25, -0.2) is 13.8 Å². The van der Waals surface area contributed by atoms with Crippen molar-refractivity contribution < 1.29 is 13.6 Å². The molecule has 4 rings (SSSR count). The molecule has 1 aromatic heterocycles. The number of hydrogen-bond donors (Lipinski definition) is 1. The Hall–Kier alpha value is -2.23. The van der Waals surface area contributed by atoms with E-state index in [-0.39, 0.29) is 11.4 Å². The molecular formula is C23H26F2N4OS2. The number of nitrogens with zero attached hydrogens (tertiary/aromatic N) is 3. The summed E-state index contributed by atoms with van der Waals surface area (Å²) >= 11 is 3.01. The number of fused-ring (bicyclic) bond motifs is 1. The quantitative estimate of drug-likeness (QED) is 0.491. The van der Waals surface area contributed by atoms with Gasteiger partial charge >= 0.3 is 0 Å². The Morgan fingerprint density at radius 2 is 1.91 bits per heavy atom. The van der Waals surface area contributed by atoms with Gasteiger partial charge in [-0.2, -0.15) is 0 Å². The topological polar surface area (TPSA) is 48.5 Å². The summed E-state index contributed by atoms with van der Waals surface area (Å²) in [6.07, 6.45) is 0.501. The molecule has 5 nitrogen and oxygen atoms in total. The third kappa shape index (κ3) is 5.96. The first kappa shape index (κ1) is 22.9. The minimum Gasteiger partial charge on any atom is -0.355 e. The molecule has 1 amide bonds. The van der Waals surface area contributed by atoms with Crippen LogP contribution in [0.4, 0.5) is 13.9 Å². The fourth-order valence-electron chi connectivity index (χ4n) is 3.58. The van der Waals surface area contributed by atoms with Crippen molar-refractivity contribution in [3.05, 3.63) is 53.6 Å². The predicted molar refractivity (Wildman–Crippen MR) is 128 cm³/mol. The van der Waals surface area contributed by atoms with Crippen molar-refractivity contribution >= 4 is 44.4 Å². The fourth-order valence-corrected chi connectivity index (χ4v) is 5.49. The van der Waals surface area contributed by atoms with E-state index in [0.717, 1.165) is 49.7 Å². The zero-order chi connectivity index (χ0) is 22.5. The van der Waals surface area contributed by atoms with Crippen molar-refractivity contribution in [1.82, 2.24) is 15.2 Å². The smallest absolute Gasteiger partial charge is 0.220 e. The third-order valence-electron chi connectivity index (χ3n) is 5.41. The average Bonchev–Trinajstić information content (AvgIpc) is 3.20. The number of rotatable bonds is 8. The van der Waals surface area contributed by atoms with Gasteiger partial charge in [0.05, 0.1) is 4.70 Å². The van der Waals surface area contributed by atoms with E-state index < -0.39 is 11.6 Å². The van der Waals surface area contributed by atoms with E-state index in [0.29, 0.717) is 17.7 Å². The van der Waals surface area contributed by atoms with Gasteiger partial charge in [-0.15, -0.1) is 11.8 Å². The number of nitrogens with one attached hydrogen (secondary N) is 1.